The number of hydrogen-bond donors (Lipinski definition) is 1. The van der Waals surface area contributed by atoms with Gasteiger partial charge >= 0.3 is 0 Å². The lowest BCUT2D eigenvalue weighted by Crippen LogP contribution is -2.16. The molecule has 0 radical (unpaired) electrons. The number of hydrogen-bond acceptors (Lipinski definition) is 3. The third-order valence-corrected chi connectivity index (χ3v) is 3.37. The molecule has 0 aliphatic heterocycles. The summed E-state index contributed by atoms with van der Waals surface area (Å²) in [4.78, 5) is 8.32. The summed E-state index contributed by atoms with van der Waals surface area (Å²) >= 11 is 6.69. The van der Waals surface area contributed by atoms with Crippen molar-refractivity contribution in [3.8, 4) is 0 Å². The van der Waals surface area contributed by atoms with Crippen molar-refractivity contribution < 1.29 is 0 Å². The van der Waals surface area contributed by atoms with Crippen LogP contribution in [0.3, 0.4) is 0 Å². The highest BCUT2D eigenvalue weighted by molar-refractivity contribution is 9.11. The highest BCUT2D eigenvalue weighted by Crippen LogP contribution is 2.26. The van der Waals surface area contributed by atoms with Crippen LogP contribution in [0.1, 0.15) is 25.7 Å². The van der Waals surface area contributed by atoms with E-state index < -0.39 is 0 Å². The molecule has 2 rings (SSSR count). The third-order valence-electron chi connectivity index (χ3n) is 2.41. The molecule has 1 heterocycles. The smallest absolute Gasteiger partial charge is 0.198 e. The van der Waals surface area contributed by atoms with E-state index in [1.807, 2.05) is 0 Å². The average Bonchev–Trinajstić information content (AvgIpc) is 2.64. The van der Waals surface area contributed by atoms with Crippen molar-refractivity contribution in [1.82, 2.24) is 9.97 Å². The molecule has 76 valence electrons. The maximum atomic E-state index is 4.28. The summed E-state index contributed by atoms with van der Waals surface area (Å²) in [5, 5.41) is 3.42. The molecule has 1 aliphatic carbocycles. The maximum Gasteiger partial charge on any atom is 0.198 e. The molecule has 3 nitrogen and oxygen atoms in total. The van der Waals surface area contributed by atoms with Gasteiger partial charge in [0.2, 0.25) is 0 Å². The fourth-order valence-corrected chi connectivity index (χ4v) is 2.30. The van der Waals surface area contributed by atoms with Crippen LogP contribution in [0.4, 0.5) is 5.82 Å². The molecule has 14 heavy (non-hydrogen) atoms. The molecule has 5 heteroatoms. The van der Waals surface area contributed by atoms with Gasteiger partial charge in [0.05, 0.1) is 4.47 Å². The van der Waals surface area contributed by atoms with Gasteiger partial charge in [-0.3, -0.25) is 0 Å². The monoisotopic (exact) mass is 319 g/mol. The van der Waals surface area contributed by atoms with Crippen LogP contribution in [0.15, 0.2) is 15.4 Å². The number of nitrogens with one attached hydrogen (secondary N) is 1. The van der Waals surface area contributed by atoms with Gasteiger partial charge in [-0.25, -0.2) is 9.97 Å². The molecule has 1 fully saturated rings. The molecule has 1 aromatic rings. The second-order valence-corrected chi connectivity index (χ2v) is 5.02. The Labute approximate surface area is 100.0 Å². The summed E-state index contributed by atoms with van der Waals surface area (Å²) in [7, 11) is 0. The van der Waals surface area contributed by atoms with Gasteiger partial charge in [-0.05, 0) is 44.7 Å². The highest BCUT2D eigenvalue weighted by Gasteiger charge is 2.16. The Morgan fingerprint density at radius 2 is 2.00 bits per heavy atom. The Morgan fingerprint density at radius 1 is 1.29 bits per heavy atom. The fraction of sp³-hybridized carbons (Fsp3) is 0.556. The van der Waals surface area contributed by atoms with Crippen molar-refractivity contribution in [3.05, 3.63) is 15.4 Å². The van der Waals surface area contributed by atoms with E-state index in [0.717, 1.165) is 10.3 Å². The molecule has 0 bridgehead atoms. The molecule has 1 aromatic heterocycles. The van der Waals surface area contributed by atoms with E-state index in [1.54, 1.807) is 6.20 Å². The van der Waals surface area contributed by atoms with Crippen molar-refractivity contribution in [1.29, 1.82) is 0 Å². The summed E-state index contributed by atoms with van der Waals surface area (Å²) in [6.45, 7) is 0. The van der Waals surface area contributed by atoms with Gasteiger partial charge in [0.1, 0.15) is 5.82 Å². The molecule has 0 amide bonds. The van der Waals surface area contributed by atoms with Crippen LogP contribution in [0.25, 0.3) is 0 Å². The molecule has 0 spiro atoms. The summed E-state index contributed by atoms with van der Waals surface area (Å²) in [5.74, 6) is 0.888. The molecule has 0 atom stereocenters. The van der Waals surface area contributed by atoms with Crippen LogP contribution in [0.5, 0.6) is 0 Å². The normalized spacial score (nSPS) is 17.3. The van der Waals surface area contributed by atoms with Gasteiger partial charge < -0.3 is 5.32 Å². The zero-order chi connectivity index (χ0) is 9.97. The zero-order valence-corrected chi connectivity index (χ0v) is 10.8. The maximum absolute atomic E-state index is 4.28. The number of halogens is 2. The molecule has 0 saturated heterocycles. The van der Waals surface area contributed by atoms with Crippen molar-refractivity contribution in [3.63, 3.8) is 0 Å². The number of rotatable bonds is 2. The standard InChI is InChI=1S/C9H11Br2N3/c10-7-5-12-9(11)14-8(7)13-6-3-1-2-4-6/h5-6H,1-4H2,(H,12,13,14). The van der Waals surface area contributed by atoms with E-state index in [-0.39, 0.29) is 0 Å². The van der Waals surface area contributed by atoms with Crippen LogP contribution in [0, 0.1) is 0 Å². The minimum atomic E-state index is 0.577. The van der Waals surface area contributed by atoms with E-state index in [2.05, 4.69) is 47.1 Å². The largest absolute Gasteiger partial charge is 0.366 e. The van der Waals surface area contributed by atoms with E-state index >= 15 is 0 Å². The van der Waals surface area contributed by atoms with Crippen LogP contribution >= 0.6 is 31.9 Å². The summed E-state index contributed by atoms with van der Waals surface area (Å²) in [6, 6.07) is 0.577. The minimum absolute atomic E-state index is 0.577. The fourth-order valence-electron chi connectivity index (χ4n) is 1.71. The zero-order valence-electron chi connectivity index (χ0n) is 7.63. The summed E-state index contributed by atoms with van der Waals surface area (Å²) in [5.41, 5.74) is 0. The Kier molecular flexibility index (Phi) is 3.38. The first-order valence-electron chi connectivity index (χ1n) is 4.70. The summed E-state index contributed by atoms with van der Waals surface area (Å²) in [6.07, 6.45) is 6.89. The molecule has 0 unspecified atom stereocenters. The Bertz CT molecular complexity index is 324. The first-order chi connectivity index (χ1) is 6.75. The van der Waals surface area contributed by atoms with Crippen molar-refractivity contribution in [2.45, 2.75) is 31.7 Å². The van der Waals surface area contributed by atoms with E-state index in [1.165, 1.54) is 25.7 Å². The number of anilines is 1. The quantitative estimate of drug-likeness (QED) is 0.849. The van der Waals surface area contributed by atoms with Gasteiger partial charge in [-0.1, -0.05) is 12.8 Å². The molecular formula is C9H11Br2N3. The van der Waals surface area contributed by atoms with Crippen LogP contribution in [-0.2, 0) is 0 Å². The molecule has 0 aromatic carbocycles. The molecule has 1 N–H and O–H groups in total. The van der Waals surface area contributed by atoms with Crippen molar-refractivity contribution >= 4 is 37.7 Å². The van der Waals surface area contributed by atoms with E-state index in [0.29, 0.717) is 10.8 Å². The third kappa shape index (κ3) is 2.45. The predicted molar refractivity (Wildman–Crippen MR) is 63.3 cm³/mol. The average molecular weight is 321 g/mol. The van der Waals surface area contributed by atoms with Crippen LogP contribution < -0.4 is 5.32 Å². The Morgan fingerprint density at radius 3 is 2.71 bits per heavy atom. The van der Waals surface area contributed by atoms with Crippen molar-refractivity contribution in [2.24, 2.45) is 0 Å². The van der Waals surface area contributed by atoms with Crippen LogP contribution in [0.2, 0.25) is 0 Å². The molecule has 1 aliphatic rings. The Hall–Kier alpha value is -0.160. The highest BCUT2D eigenvalue weighted by atomic mass is 79.9. The Balaban J connectivity index is 2.10. The van der Waals surface area contributed by atoms with Crippen molar-refractivity contribution in [2.75, 3.05) is 5.32 Å². The van der Waals surface area contributed by atoms with E-state index in [9.17, 15) is 0 Å². The summed E-state index contributed by atoms with van der Waals surface area (Å²) < 4.78 is 1.55. The second kappa shape index (κ2) is 4.57. The first kappa shape index (κ1) is 10.4. The first-order valence-corrected chi connectivity index (χ1v) is 6.29. The van der Waals surface area contributed by atoms with Gasteiger partial charge in [0.25, 0.3) is 0 Å². The lowest BCUT2D eigenvalue weighted by Gasteiger charge is -2.13. The number of nitrogens with zero attached hydrogens (tertiary/aromatic N) is 2. The number of aromatic nitrogens is 2. The van der Waals surface area contributed by atoms with E-state index in [4.69, 9.17) is 0 Å². The minimum Gasteiger partial charge on any atom is -0.366 e. The molecular weight excluding hydrogens is 310 g/mol. The van der Waals surface area contributed by atoms with Gasteiger partial charge in [0.15, 0.2) is 4.73 Å². The van der Waals surface area contributed by atoms with Crippen LogP contribution in [-0.4, -0.2) is 16.0 Å². The second-order valence-electron chi connectivity index (χ2n) is 3.46. The van der Waals surface area contributed by atoms with Gasteiger partial charge in [-0.15, -0.1) is 0 Å². The SMILES string of the molecule is Brc1ncc(Br)c(NC2CCCC2)n1. The van der Waals surface area contributed by atoms with Gasteiger partial charge in [0, 0.05) is 12.2 Å². The predicted octanol–water partition coefficient (Wildman–Crippen LogP) is 3.36. The topological polar surface area (TPSA) is 37.8 Å². The lowest BCUT2D eigenvalue weighted by molar-refractivity contribution is 0.748. The van der Waals surface area contributed by atoms with Gasteiger partial charge in [-0.2, -0.15) is 0 Å². The molecule has 1 saturated carbocycles. The lowest BCUT2D eigenvalue weighted by atomic mass is 10.2.